The van der Waals surface area contributed by atoms with Crippen molar-refractivity contribution in [2.45, 2.75) is 58.9 Å². The van der Waals surface area contributed by atoms with Crippen LogP contribution >= 0.6 is 0 Å². The van der Waals surface area contributed by atoms with Gasteiger partial charge in [-0.2, -0.15) is 5.26 Å². The van der Waals surface area contributed by atoms with Crippen LogP contribution in [-0.4, -0.2) is 23.9 Å². The second kappa shape index (κ2) is 8.01. The molecule has 0 heterocycles. The van der Waals surface area contributed by atoms with E-state index >= 15 is 0 Å². The molecule has 0 aliphatic heterocycles. The summed E-state index contributed by atoms with van der Waals surface area (Å²) in [4.78, 5) is 14.4. The molecule has 1 aliphatic rings. The van der Waals surface area contributed by atoms with Crippen LogP contribution in [0.4, 0.5) is 5.69 Å². The lowest BCUT2D eigenvalue weighted by molar-refractivity contribution is -0.128. The Balaban J connectivity index is 2.14. The van der Waals surface area contributed by atoms with Crippen LogP contribution < -0.4 is 5.32 Å². The lowest BCUT2D eigenvalue weighted by Crippen LogP contribution is -2.39. The van der Waals surface area contributed by atoms with Crippen molar-refractivity contribution in [2.75, 3.05) is 12.4 Å². The molecule has 1 aromatic rings. The van der Waals surface area contributed by atoms with E-state index in [4.69, 9.17) is 0 Å². The molecule has 4 heteroatoms. The van der Waals surface area contributed by atoms with Gasteiger partial charge >= 0.3 is 0 Å². The highest BCUT2D eigenvalue weighted by Gasteiger charge is 2.24. The average Bonchev–Trinajstić information content (AvgIpc) is 2.57. The summed E-state index contributed by atoms with van der Waals surface area (Å²) in [7, 11) is 1.81. The Kier molecular flexibility index (Phi) is 6.03. The largest absolute Gasteiger partial charge is 0.360 e. The number of aryl methyl sites for hydroxylation is 3. The number of nitrogens with one attached hydrogen (secondary N) is 1. The smallest absolute Gasteiger partial charge is 0.266 e. The van der Waals surface area contributed by atoms with Crippen LogP contribution in [0.15, 0.2) is 23.9 Å². The summed E-state index contributed by atoms with van der Waals surface area (Å²) in [6.07, 6.45) is 7.18. The predicted octanol–water partition coefficient (Wildman–Crippen LogP) is 4.22. The first-order chi connectivity index (χ1) is 11.4. The van der Waals surface area contributed by atoms with Gasteiger partial charge in [0.15, 0.2) is 0 Å². The maximum absolute atomic E-state index is 12.6. The van der Waals surface area contributed by atoms with Crippen LogP contribution in [0, 0.1) is 32.1 Å². The molecule has 4 nitrogen and oxygen atoms in total. The molecule has 0 saturated heterocycles. The molecule has 1 amide bonds. The zero-order valence-corrected chi connectivity index (χ0v) is 15.1. The number of hydrogen-bond acceptors (Lipinski definition) is 3. The van der Waals surface area contributed by atoms with Crippen LogP contribution in [0.1, 0.15) is 48.8 Å². The number of rotatable bonds is 4. The highest BCUT2D eigenvalue weighted by Crippen LogP contribution is 2.24. The van der Waals surface area contributed by atoms with Crippen LogP contribution in [-0.2, 0) is 4.79 Å². The molecule has 1 aromatic carbocycles. The van der Waals surface area contributed by atoms with E-state index in [1.54, 1.807) is 11.1 Å². The molecule has 1 saturated carbocycles. The molecule has 0 spiro atoms. The summed E-state index contributed by atoms with van der Waals surface area (Å²) in [6, 6.07) is 6.48. The van der Waals surface area contributed by atoms with Gasteiger partial charge in [-0.15, -0.1) is 0 Å². The third-order valence-corrected chi connectivity index (χ3v) is 4.83. The van der Waals surface area contributed by atoms with Crippen molar-refractivity contribution in [1.29, 1.82) is 5.26 Å². The summed E-state index contributed by atoms with van der Waals surface area (Å²) >= 11 is 0. The number of nitrogens with zero attached hydrogens (tertiary/aromatic N) is 2. The number of carbonyl (C=O) groups is 1. The average molecular weight is 325 g/mol. The van der Waals surface area contributed by atoms with E-state index in [-0.39, 0.29) is 17.5 Å². The number of nitriles is 1. The Morgan fingerprint density at radius 1 is 1.21 bits per heavy atom. The number of benzene rings is 1. The highest BCUT2D eigenvalue weighted by atomic mass is 16.2. The summed E-state index contributed by atoms with van der Waals surface area (Å²) in [6.45, 7) is 6.11. The van der Waals surface area contributed by atoms with Gasteiger partial charge in [0.1, 0.15) is 11.6 Å². The molecule has 0 aromatic heterocycles. The number of carbonyl (C=O) groups excluding carboxylic acids is 1. The quantitative estimate of drug-likeness (QED) is 0.666. The van der Waals surface area contributed by atoms with Gasteiger partial charge in [0.05, 0.1) is 0 Å². The molecule has 0 bridgehead atoms. The molecule has 128 valence electrons. The van der Waals surface area contributed by atoms with E-state index in [1.165, 1.54) is 12.0 Å². The maximum atomic E-state index is 12.6. The second-order valence-corrected chi connectivity index (χ2v) is 6.80. The van der Waals surface area contributed by atoms with Gasteiger partial charge in [-0.1, -0.05) is 37.0 Å². The van der Waals surface area contributed by atoms with Gasteiger partial charge in [0, 0.05) is 25.0 Å². The Morgan fingerprint density at radius 2 is 1.79 bits per heavy atom. The van der Waals surface area contributed by atoms with Gasteiger partial charge in [0.2, 0.25) is 0 Å². The molecule has 1 fully saturated rings. The Labute approximate surface area is 145 Å². The molecule has 2 rings (SSSR count). The minimum Gasteiger partial charge on any atom is -0.360 e. The van der Waals surface area contributed by atoms with Crippen molar-refractivity contribution in [3.05, 3.63) is 40.6 Å². The Morgan fingerprint density at radius 3 is 2.33 bits per heavy atom. The standard InChI is InChI=1S/C20H27N3O/c1-14-10-15(2)19(16(3)11-14)22-13-17(12-21)20(24)23(4)18-8-6-5-7-9-18/h10-11,13,18,22H,5-9H2,1-4H3/b17-13-. The third-order valence-electron chi connectivity index (χ3n) is 4.83. The molecule has 0 unspecified atom stereocenters. The fourth-order valence-corrected chi connectivity index (χ4v) is 3.52. The van der Waals surface area contributed by atoms with E-state index in [9.17, 15) is 10.1 Å². The topological polar surface area (TPSA) is 56.1 Å². The fraction of sp³-hybridized carbons (Fsp3) is 0.500. The fourth-order valence-electron chi connectivity index (χ4n) is 3.52. The zero-order valence-electron chi connectivity index (χ0n) is 15.1. The lowest BCUT2D eigenvalue weighted by atomic mass is 9.94. The van der Waals surface area contributed by atoms with E-state index in [0.717, 1.165) is 42.5 Å². The number of hydrogen-bond donors (Lipinski definition) is 1. The minimum atomic E-state index is -0.195. The van der Waals surface area contributed by atoms with Crippen LogP contribution in [0.3, 0.4) is 0 Å². The molecular formula is C20H27N3O. The van der Waals surface area contributed by atoms with E-state index in [0.29, 0.717) is 0 Å². The van der Waals surface area contributed by atoms with Gasteiger partial charge < -0.3 is 10.2 Å². The maximum Gasteiger partial charge on any atom is 0.266 e. The van der Waals surface area contributed by atoms with Gasteiger partial charge in [-0.3, -0.25) is 4.79 Å². The molecule has 0 atom stereocenters. The SMILES string of the molecule is Cc1cc(C)c(N/C=C(/C#N)C(=O)N(C)C2CCCCC2)c(C)c1. The number of anilines is 1. The van der Waals surface area contributed by atoms with Crippen LogP contribution in [0.25, 0.3) is 0 Å². The van der Waals surface area contributed by atoms with Crippen molar-refractivity contribution in [1.82, 2.24) is 4.90 Å². The van der Waals surface area contributed by atoms with Gasteiger partial charge in [-0.25, -0.2) is 0 Å². The molecule has 24 heavy (non-hydrogen) atoms. The second-order valence-electron chi connectivity index (χ2n) is 6.80. The summed E-state index contributed by atoms with van der Waals surface area (Å²) in [5.41, 5.74) is 4.53. The third kappa shape index (κ3) is 4.17. The first-order valence-corrected chi connectivity index (χ1v) is 8.66. The van der Waals surface area contributed by atoms with E-state index < -0.39 is 0 Å². The number of likely N-dealkylation sites (N-methyl/N-ethyl adjacent to an activating group) is 1. The first-order valence-electron chi connectivity index (χ1n) is 8.66. The lowest BCUT2D eigenvalue weighted by Gasteiger charge is -2.31. The molecule has 1 N–H and O–H groups in total. The normalized spacial score (nSPS) is 15.7. The summed E-state index contributed by atoms with van der Waals surface area (Å²) in [5, 5.41) is 12.6. The highest BCUT2D eigenvalue weighted by molar-refractivity contribution is 5.97. The number of amides is 1. The van der Waals surface area contributed by atoms with Crippen molar-refractivity contribution in [3.8, 4) is 6.07 Å². The molecular weight excluding hydrogens is 298 g/mol. The van der Waals surface area contributed by atoms with Crippen molar-refractivity contribution >= 4 is 11.6 Å². The monoisotopic (exact) mass is 325 g/mol. The Hall–Kier alpha value is -2.28. The minimum absolute atomic E-state index is 0.155. The van der Waals surface area contributed by atoms with Crippen molar-refractivity contribution < 1.29 is 4.79 Å². The molecule has 0 radical (unpaired) electrons. The van der Waals surface area contributed by atoms with E-state index in [2.05, 4.69) is 24.4 Å². The van der Waals surface area contributed by atoms with Gasteiger partial charge in [0.25, 0.3) is 5.91 Å². The van der Waals surface area contributed by atoms with Crippen molar-refractivity contribution in [2.24, 2.45) is 0 Å². The first kappa shape index (κ1) is 18.1. The van der Waals surface area contributed by atoms with Gasteiger partial charge in [-0.05, 0) is 44.7 Å². The van der Waals surface area contributed by atoms with Crippen molar-refractivity contribution in [3.63, 3.8) is 0 Å². The predicted molar refractivity (Wildman–Crippen MR) is 97.6 cm³/mol. The Bertz CT molecular complexity index is 656. The molecule has 1 aliphatic carbocycles. The van der Waals surface area contributed by atoms with E-state index in [1.807, 2.05) is 27.0 Å². The summed E-state index contributed by atoms with van der Waals surface area (Å²) < 4.78 is 0. The van der Waals surface area contributed by atoms with Crippen LogP contribution in [0.2, 0.25) is 0 Å². The summed E-state index contributed by atoms with van der Waals surface area (Å²) in [5.74, 6) is -0.195. The zero-order chi connectivity index (χ0) is 17.7. The van der Waals surface area contributed by atoms with Crippen LogP contribution in [0.5, 0.6) is 0 Å².